The fraction of sp³-hybridized carbons (Fsp3) is 0.727. The molecule has 0 bridgehead atoms. The smallest absolute Gasteiger partial charge is 0.127 e. The number of aliphatic hydroxyl groups excluding tert-OH is 1. The summed E-state index contributed by atoms with van der Waals surface area (Å²) in [6.45, 7) is 11.6. The predicted molar refractivity (Wildman–Crippen MR) is 110 cm³/mol. The first kappa shape index (κ1) is 19.8. The van der Waals surface area contributed by atoms with Crippen LogP contribution in [0.15, 0.2) is 12.1 Å². The van der Waals surface area contributed by atoms with E-state index in [0.717, 1.165) is 30.6 Å². The molecule has 1 saturated carbocycles. The quantitative estimate of drug-likeness (QED) is 0.728. The van der Waals surface area contributed by atoms with Crippen LogP contribution in [-0.4, -0.2) is 30.5 Å². The first-order valence-corrected chi connectivity index (χ1v) is 13.6. The first-order chi connectivity index (χ1) is 12.2. The SMILES string of the molecule is CCCC[Si](C)(C)c1cc(O)c2c(c1)OC(C)(C)[C@@H]1CC[C@@H](CO)C[C@@H]21. The summed E-state index contributed by atoms with van der Waals surface area (Å²) in [6.07, 6.45) is 5.51. The Labute approximate surface area is 159 Å². The summed E-state index contributed by atoms with van der Waals surface area (Å²) >= 11 is 0. The molecule has 1 fully saturated rings. The molecule has 1 aliphatic heterocycles. The maximum absolute atomic E-state index is 11.0. The van der Waals surface area contributed by atoms with Gasteiger partial charge in [0.05, 0.1) is 8.07 Å². The number of unbranched alkanes of at least 4 members (excludes halogenated alkanes) is 1. The van der Waals surface area contributed by atoms with E-state index in [1.54, 1.807) is 0 Å². The molecule has 0 spiro atoms. The summed E-state index contributed by atoms with van der Waals surface area (Å²) in [7, 11) is -1.58. The van der Waals surface area contributed by atoms with E-state index >= 15 is 0 Å². The number of phenols is 1. The largest absolute Gasteiger partial charge is 0.508 e. The van der Waals surface area contributed by atoms with Gasteiger partial charge >= 0.3 is 0 Å². The van der Waals surface area contributed by atoms with E-state index in [9.17, 15) is 10.2 Å². The highest BCUT2D eigenvalue weighted by molar-refractivity contribution is 6.89. The number of aromatic hydroxyl groups is 1. The molecule has 146 valence electrons. The summed E-state index contributed by atoms with van der Waals surface area (Å²) in [5.41, 5.74) is 0.773. The molecule has 3 rings (SSSR count). The molecule has 1 aromatic rings. The van der Waals surface area contributed by atoms with E-state index in [2.05, 4.69) is 39.9 Å². The molecule has 0 aromatic heterocycles. The van der Waals surface area contributed by atoms with Crippen LogP contribution in [-0.2, 0) is 0 Å². The van der Waals surface area contributed by atoms with Gasteiger partial charge in [-0.3, -0.25) is 0 Å². The fourth-order valence-corrected chi connectivity index (χ4v) is 7.73. The lowest BCUT2D eigenvalue weighted by Gasteiger charge is -2.49. The molecule has 1 heterocycles. The van der Waals surface area contributed by atoms with Gasteiger partial charge in [-0.05, 0) is 57.1 Å². The first-order valence-electron chi connectivity index (χ1n) is 10.4. The van der Waals surface area contributed by atoms with E-state index in [4.69, 9.17) is 4.74 Å². The zero-order chi connectivity index (χ0) is 19.1. The van der Waals surface area contributed by atoms with Crippen LogP contribution in [0.3, 0.4) is 0 Å². The summed E-state index contributed by atoms with van der Waals surface area (Å²) in [6, 6.07) is 5.50. The van der Waals surface area contributed by atoms with Crippen LogP contribution >= 0.6 is 0 Å². The Morgan fingerprint density at radius 3 is 2.62 bits per heavy atom. The number of hydrogen-bond acceptors (Lipinski definition) is 3. The second-order valence-electron chi connectivity index (χ2n) is 9.67. The number of fused-ring (bicyclic) bond motifs is 3. The van der Waals surface area contributed by atoms with Crippen LogP contribution in [0, 0.1) is 11.8 Å². The molecule has 3 atom stereocenters. The minimum atomic E-state index is -1.58. The molecule has 3 nitrogen and oxygen atoms in total. The maximum Gasteiger partial charge on any atom is 0.127 e. The highest BCUT2D eigenvalue weighted by Crippen LogP contribution is 2.55. The van der Waals surface area contributed by atoms with Crippen molar-refractivity contribution in [3.05, 3.63) is 17.7 Å². The Morgan fingerprint density at radius 1 is 1.23 bits per heavy atom. The summed E-state index contributed by atoms with van der Waals surface area (Å²) < 4.78 is 6.48. The Bertz CT molecular complexity index is 653. The van der Waals surface area contributed by atoms with Crippen LogP contribution in [0.4, 0.5) is 0 Å². The minimum Gasteiger partial charge on any atom is -0.508 e. The van der Waals surface area contributed by atoms with Crippen LogP contribution in [0.1, 0.15) is 64.4 Å². The topological polar surface area (TPSA) is 49.7 Å². The molecule has 0 radical (unpaired) electrons. The van der Waals surface area contributed by atoms with E-state index in [1.165, 1.54) is 24.1 Å². The lowest BCUT2D eigenvalue weighted by molar-refractivity contribution is -0.0209. The molecular formula is C22H36O3Si. The predicted octanol–water partition coefficient (Wildman–Crippen LogP) is 4.77. The summed E-state index contributed by atoms with van der Waals surface area (Å²) in [4.78, 5) is 0. The average molecular weight is 377 g/mol. The van der Waals surface area contributed by atoms with Gasteiger partial charge in [0.1, 0.15) is 17.1 Å². The van der Waals surface area contributed by atoms with Crippen molar-refractivity contribution in [3.63, 3.8) is 0 Å². The van der Waals surface area contributed by atoms with Gasteiger partial charge in [-0.25, -0.2) is 0 Å². The van der Waals surface area contributed by atoms with Crippen LogP contribution in [0.5, 0.6) is 11.5 Å². The summed E-state index contributed by atoms with van der Waals surface area (Å²) in [5, 5.41) is 21.9. The second kappa shape index (κ2) is 7.20. The van der Waals surface area contributed by atoms with Crippen LogP contribution < -0.4 is 9.92 Å². The monoisotopic (exact) mass is 376 g/mol. The van der Waals surface area contributed by atoms with Gasteiger partial charge in [0.2, 0.25) is 0 Å². The molecule has 2 N–H and O–H groups in total. The molecule has 1 aliphatic carbocycles. The number of aliphatic hydroxyl groups is 1. The Kier molecular flexibility index (Phi) is 5.47. The van der Waals surface area contributed by atoms with Crippen molar-refractivity contribution in [1.82, 2.24) is 0 Å². The maximum atomic E-state index is 11.0. The summed E-state index contributed by atoms with van der Waals surface area (Å²) in [5.74, 6) is 2.34. The van der Waals surface area contributed by atoms with Crippen molar-refractivity contribution in [3.8, 4) is 11.5 Å². The average Bonchev–Trinajstić information content (AvgIpc) is 2.58. The lowest BCUT2D eigenvalue weighted by Crippen LogP contribution is -2.48. The van der Waals surface area contributed by atoms with E-state index in [0.29, 0.717) is 17.6 Å². The van der Waals surface area contributed by atoms with Gasteiger partial charge in [-0.15, -0.1) is 0 Å². The van der Waals surface area contributed by atoms with Crippen LogP contribution in [0.2, 0.25) is 19.1 Å². The molecule has 1 aromatic carbocycles. The van der Waals surface area contributed by atoms with E-state index in [-0.39, 0.29) is 18.1 Å². The van der Waals surface area contributed by atoms with Crippen molar-refractivity contribution >= 4 is 13.3 Å². The van der Waals surface area contributed by atoms with Gasteiger partial charge in [0.25, 0.3) is 0 Å². The third-order valence-corrected chi connectivity index (χ3v) is 10.4. The van der Waals surface area contributed by atoms with Crippen LogP contribution in [0.25, 0.3) is 0 Å². The second-order valence-corrected chi connectivity index (χ2v) is 14.5. The fourth-order valence-electron chi connectivity index (χ4n) is 5.16. The highest BCUT2D eigenvalue weighted by atomic mass is 28.3. The standard InChI is InChI=1S/C22H36O3Si/c1-6-7-10-26(4,5)16-12-19(24)21-17-11-15(14-23)8-9-18(17)22(2,3)25-20(21)13-16/h12-13,15,17-18,23-24H,6-11,14H2,1-5H3/t15-,17-,18-/m1/s1. The van der Waals surface area contributed by atoms with E-state index < -0.39 is 8.07 Å². The Morgan fingerprint density at radius 2 is 1.96 bits per heavy atom. The highest BCUT2D eigenvalue weighted by Gasteiger charge is 2.47. The van der Waals surface area contributed by atoms with Gasteiger partial charge in [-0.2, -0.15) is 0 Å². The normalized spacial score (nSPS) is 27.4. The molecule has 0 amide bonds. The zero-order valence-corrected chi connectivity index (χ0v) is 18.1. The molecule has 0 unspecified atom stereocenters. The number of rotatable bonds is 5. The number of ether oxygens (including phenoxy) is 1. The van der Waals surface area contributed by atoms with Gasteiger partial charge in [0.15, 0.2) is 0 Å². The lowest BCUT2D eigenvalue weighted by atomic mass is 9.64. The number of phenolic OH excluding ortho intramolecular Hbond substituents is 1. The molecule has 2 aliphatic rings. The van der Waals surface area contributed by atoms with Gasteiger partial charge < -0.3 is 14.9 Å². The van der Waals surface area contributed by atoms with Crippen molar-refractivity contribution in [2.75, 3.05) is 6.61 Å². The van der Waals surface area contributed by atoms with Gasteiger partial charge in [-0.1, -0.05) is 44.1 Å². The van der Waals surface area contributed by atoms with Gasteiger partial charge in [0, 0.05) is 18.1 Å². The minimum absolute atomic E-state index is 0.224. The number of hydrogen-bond donors (Lipinski definition) is 2. The van der Waals surface area contributed by atoms with Crippen molar-refractivity contribution in [2.45, 2.75) is 83.5 Å². The van der Waals surface area contributed by atoms with Crippen molar-refractivity contribution in [1.29, 1.82) is 0 Å². The van der Waals surface area contributed by atoms with Crippen molar-refractivity contribution < 1.29 is 14.9 Å². The molecular weight excluding hydrogens is 340 g/mol. The zero-order valence-electron chi connectivity index (χ0n) is 17.1. The molecule has 26 heavy (non-hydrogen) atoms. The Hall–Kier alpha value is -1.00. The third kappa shape index (κ3) is 3.55. The molecule has 4 heteroatoms. The number of benzene rings is 1. The van der Waals surface area contributed by atoms with E-state index in [1.807, 2.05) is 6.07 Å². The molecule has 0 saturated heterocycles. The van der Waals surface area contributed by atoms with Crippen molar-refractivity contribution in [2.24, 2.45) is 11.8 Å². The Balaban J connectivity index is 2.02. The third-order valence-electron chi connectivity index (χ3n) is 6.91.